The van der Waals surface area contributed by atoms with Gasteiger partial charge in [0.1, 0.15) is 11.0 Å². The number of methoxy groups -OCH3 is 1. The van der Waals surface area contributed by atoms with E-state index in [1.165, 1.54) is 30.6 Å². The lowest BCUT2D eigenvalue weighted by molar-refractivity contribution is -0.152. The minimum atomic E-state index is -0.758. The monoisotopic (exact) mass is 432 g/mol. The Morgan fingerprint density at radius 2 is 1.66 bits per heavy atom. The fraction of sp³-hybridized carbons (Fsp3) is 0.333. The Hall–Kier alpha value is -2.32. The lowest BCUT2D eigenvalue weighted by Crippen LogP contribution is -2.32. The minimum absolute atomic E-state index is 0.164. The van der Waals surface area contributed by atoms with Gasteiger partial charge in [-0.25, -0.2) is 4.98 Å². The number of rotatable bonds is 6. The average molecular weight is 433 g/mol. The maximum Gasteiger partial charge on any atom is 0.314 e. The maximum absolute atomic E-state index is 12.2. The summed E-state index contributed by atoms with van der Waals surface area (Å²) in [6.45, 7) is 3.67. The molecule has 1 heterocycles. The van der Waals surface area contributed by atoms with Crippen LogP contribution in [0.1, 0.15) is 24.2 Å². The predicted octanol–water partition coefficient (Wildman–Crippen LogP) is 4.55. The fourth-order valence-electron chi connectivity index (χ4n) is 2.35. The van der Waals surface area contributed by atoms with Crippen molar-refractivity contribution in [1.82, 2.24) is 4.98 Å². The van der Waals surface area contributed by atoms with Gasteiger partial charge in [-0.3, -0.25) is 9.59 Å². The summed E-state index contributed by atoms with van der Waals surface area (Å²) in [4.78, 5) is 32.3. The molecule has 2 aromatic rings. The molecule has 0 N–H and O–H groups in total. The van der Waals surface area contributed by atoms with E-state index in [0.29, 0.717) is 11.4 Å². The van der Waals surface area contributed by atoms with Crippen LogP contribution in [-0.2, 0) is 9.53 Å². The highest BCUT2D eigenvalue weighted by atomic mass is 32.2. The third-order valence-corrected chi connectivity index (χ3v) is 5.94. The molecule has 6 nitrogen and oxygen atoms in total. The van der Waals surface area contributed by atoms with Gasteiger partial charge in [-0.15, -0.1) is 23.5 Å². The van der Waals surface area contributed by atoms with Crippen molar-refractivity contribution in [2.45, 2.75) is 13.8 Å². The first-order valence-electron chi connectivity index (χ1n) is 8.79. The molecule has 0 radical (unpaired) electrons. The van der Waals surface area contributed by atoms with E-state index in [-0.39, 0.29) is 18.5 Å². The molecule has 1 amide bonds. The zero-order valence-electron chi connectivity index (χ0n) is 17.1. The second kappa shape index (κ2) is 10.5. The van der Waals surface area contributed by atoms with E-state index in [1.807, 2.05) is 30.7 Å². The summed E-state index contributed by atoms with van der Waals surface area (Å²) in [7, 11) is 1.35. The van der Waals surface area contributed by atoms with E-state index >= 15 is 0 Å². The maximum atomic E-state index is 12.2. The molecule has 0 saturated heterocycles. The molecule has 2 rings (SSSR count). The highest BCUT2D eigenvalue weighted by molar-refractivity contribution is 8.38. The van der Waals surface area contributed by atoms with Crippen LogP contribution in [0.15, 0.2) is 47.6 Å². The van der Waals surface area contributed by atoms with Crippen molar-refractivity contribution in [1.29, 1.82) is 0 Å². The number of thioether (sulfide) groups is 2. The van der Waals surface area contributed by atoms with Crippen molar-refractivity contribution in [3.05, 3.63) is 48.2 Å². The Morgan fingerprint density at radius 3 is 2.17 bits per heavy atom. The summed E-state index contributed by atoms with van der Waals surface area (Å²) >= 11 is 2.90. The smallest absolute Gasteiger partial charge is 0.314 e. The summed E-state index contributed by atoms with van der Waals surface area (Å²) < 4.78 is 11.1. The van der Waals surface area contributed by atoms with E-state index in [2.05, 4.69) is 9.98 Å². The number of carbonyl (C=O) groups is 2. The molecule has 0 aliphatic heterocycles. The summed E-state index contributed by atoms with van der Waals surface area (Å²) in [6.07, 6.45) is 5.47. The second-order valence-electron chi connectivity index (χ2n) is 6.72. The normalized spacial score (nSPS) is 10.9. The first-order chi connectivity index (χ1) is 13.8. The summed E-state index contributed by atoms with van der Waals surface area (Å²) in [6, 6.07) is 10.8. The Bertz CT molecular complexity index is 873. The first-order valence-corrected chi connectivity index (χ1v) is 11.2. The Labute approximate surface area is 179 Å². The number of aromatic nitrogens is 1. The number of amides is 1. The van der Waals surface area contributed by atoms with E-state index in [0.717, 1.165) is 15.5 Å². The van der Waals surface area contributed by atoms with Crippen LogP contribution in [0, 0.1) is 5.41 Å². The third-order valence-electron chi connectivity index (χ3n) is 4.06. The summed E-state index contributed by atoms with van der Waals surface area (Å²) in [5.41, 5.74) is 1.59. The number of esters is 1. The number of hydrogen-bond donors (Lipinski definition) is 0. The van der Waals surface area contributed by atoms with Gasteiger partial charge in [0, 0.05) is 23.4 Å². The van der Waals surface area contributed by atoms with Crippen LogP contribution in [0.4, 0.5) is 0 Å². The molecular weight excluding hydrogens is 408 g/mol. The van der Waals surface area contributed by atoms with Crippen molar-refractivity contribution in [3.8, 4) is 17.0 Å². The van der Waals surface area contributed by atoms with Gasteiger partial charge in [0.15, 0.2) is 0 Å². The number of benzene rings is 1. The zero-order valence-corrected chi connectivity index (χ0v) is 18.7. The van der Waals surface area contributed by atoms with Gasteiger partial charge >= 0.3 is 5.97 Å². The summed E-state index contributed by atoms with van der Waals surface area (Å²) in [5.74, 6) is -0.172. The lowest BCUT2D eigenvalue weighted by atomic mass is 9.95. The van der Waals surface area contributed by atoms with Crippen LogP contribution < -0.4 is 4.74 Å². The summed E-state index contributed by atoms with van der Waals surface area (Å²) in [5, 5.41) is 0. The molecular formula is C21H24N2O4S2. The standard InChI is InChI=1S/C21H24N2O4S2/c1-21(2,19(25)26-3)13-27-17-11-10-16(12-22-17)14-6-8-15(9-7-14)18(24)23-20(28-4)29-5/h6-12H,13H2,1-5H3. The van der Waals surface area contributed by atoms with Gasteiger partial charge in [0.05, 0.1) is 12.5 Å². The highest BCUT2D eigenvalue weighted by Gasteiger charge is 2.29. The number of hydrogen-bond acceptors (Lipinski definition) is 7. The third kappa shape index (κ3) is 6.33. The number of pyridine rings is 1. The number of carbonyl (C=O) groups excluding carboxylic acids is 2. The van der Waals surface area contributed by atoms with Crippen LogP contribution in [0.25, 0.3) is 11.1 Å². The van der Waals surface area contributed by atoms with Gasteiger partial charge in [-0.2, -0.15) is 4.99 Å². The molecule has 1 aromatic heterocycles. The quantitative estimate of drug-likeness (QED) is 0.376. The second-order valence-corrected chi connectivity index (χ2v) is 8.57. The molecule has 0 aliphatic rings. The van der Waals surface area contributed by atoms with Gasteiger partial charge in [0.2, 0.25) is 5.88 Å². The SMILES string of the molecule is COC(=O)C(C)(C)COc1ccc(-c2ccc(C(=O)N=C(SC)SC)cc2)cn1. The minimum Gasteiger partial charge on any atom is -0.476 e. The van der Waals surface area contributed by atoms with Crippen molar-refractivity contribution in [2.75, 3.05) is 26.2 Å². The molecule has 8 heteroatoms. The van der Waals surface area contributed by atoms with Crippen molar-refractivity contribution in [3.63, 3.8) is 0 Å². The van der Waals surface area contributed by atoms with E-state index in [1.54, 1.807) is 38.2 Å². The van der Waals surface area contributed by atoms with Gasteiger partial charge < -0.3 is 9.47 Å². The Morgan fingerprint density at radius 1 is 1.03 bits per heavy atom. The van der Waals surface area contributed by atoms with Gasteiger partial charge in [-0.1, -0.05) is 12.1 Å². The molecule has 0 fully saturated rings. The number of ether oxygens (including phenoxy) is 2. The molecule has 0 aliphatic carbocycles. The fourth-order valence-corrected chi connectivity index (χ4v) is 3.37. The van der Waals surface area contributed by atoms with Crippen LogP contribution in [-0.4, -0.2) is 47.5 Å². The zero-order chi connectivity index (χ0) is 21.4. The van der Waals surface area contributed by atoms with E-state index in [4.69, 9.17) is 9.47 Å². The number of aliphatic imine (C=N–C) groups is 1. The van der Waals surface area contributed by atoms with E-state index in [9.17, 15) is 9.59 Å². The van der Waals surface area contributed by atoms with Crippen molar-refractivity contribution in [2.24, 2.45) is 10.4 Å². The molecule has 0 bridgehead atoms. The Balaban J connectivity index is 2.06. The van der Waals surface area contributed by atoms with Crippen LogP contribution in [0.2, 0.25) is 0 Å². The molecule has 154 valence electrons. The molecule has 1 aromatic carbocycles. The first kappa shape index (κ1) is 23.0. The van der Waals surface area contributed by atoms with Crippen molar-refractivity contribution < 1.29 is 19.1 Å². The van der Waals surface area contributed by atoms with Crippen LogP contribution in [0.3, 0.4) is 0 Å². The molecule has 0 spiro atoms. The molecule has 0 atom stereocenters. The van der Waals surface area contributed by atoms with E-state index < -0.39 is 5.41 Å². The van der Waals surface area contributed by atoms with Gasteiger partial charge in [-0.05, 0) is 50.1 Å². The highest BCUT2D eigenvalue weighted by Crippen LogP contribution is 2.23. The molecule has 29 heavy (non-hydrogen) atoms. The average Bonchev–Trinajstić information content (AvgIpc) is 2.75. The topological polar surface area (TPSA) is 77.9 Å². The predicted molar refractivity (Wildman–Crippen MR) is 120 cm³/mol. The molecule has 0 unspecified atom stereocenters. The largest absolute Gasteiger partial charge is 0.476 e. The molecule has 0 saturated carbocycles. The van der Waals surface area contributed by atoms with Crippen LogP contribution in [0.5, 0.6) is 5.88 Å². The van der Waals surface area contributed by atoms with Gasteiger partial charge in [0.25, 0.3) is 5.91 Å². The number of nitrogens with zero attached hydrogens (tertiary/aromatic N) is 2. The van der Waals surface area contributed by atoms with Crippen molar-refractivity contribution >= 4 is 39.8 Å². The lowest BCUT2D eigenvalue weighted by Gasteiger charge is -2.21. The Kier molecular flexibility index (Phi) is 8.28. The van der Waals surface area contributed by atoms with Crippen LogP contribution >= 0.6 is 23.5 Å².